The lowest BCUT2D eigenvalue weighted by Gasteiger charge is -2.18. The molecule has 1 heterocycles. The van der Waals surface area contributed by atoms with Crippen LogP contribution in [0.15, 0.2) is 22.7 Å². The summed E-state index contributed by atoms with van der Waals surface area (Å²) in [6, 6.07) is 5.21. The smallest absolute Gasteiger partial charge is 0.257 e. The van der Waals surface area contributed by atoms with Gasteiger partial charge in [-0.25, -0.2) is 0 Å². The van der Waals surface area contributed by atoms with Gasteiger partial charge in [-0.2, -0.15) is 0 Å². The number of methoxy groups -OCH3 is 2. The van der Waals surface area contributed by atoms with Crippen LogP contribution in [0.3, 0.4) is 0 Å². The number of amides is 1. The molecule has 0 saturated carbocycles. The van der Waals surface area contributed by atoms with E-state index in [2.05, 4.69) is 10.5 Å². The van der Waals surface area contributed by atoms with E-state index in [1.165, 1.54) is 0 Å². The molecule has 118 valence electrons. The second kappa shape index (κ2) is 6.51. The van der Waals surface area contributed by atoms with Gasteiger partial charge < -0.3 is 19.3 Å². The highest BCUT2D eigenvalue weighted by molar-refractivity contribution is 5.96. The Bertz CT molecular complexity index is 659. The first-order valence-corrected chi connectivity index (χ1v) is 6.93. The molecule has 6 nitrogen and oxygen atoms in total. The number of nitrogens with one attached hydrogen (secondary N) is 1. The standard InChI is InChI=1S/C16H20N2O4/c1-9(13-8-12(20-4)6-7-14(13)21-5)17-16(19)15-10(2)18-22-11(15)3/h6-9H,1-5H3,(H,17,19)/t9-/m0/s1. The number of benzene rings is 1. The molecule has 1 amide bonds. The van der Waals surface area contributed by atoms with Crippen LogP contribution in [0.1, 0.15) is 40.3 Å². The van der Waals surface area contributed by atoms with E-state index in [1.54, 1.807) is 28.1 Å². The number of carbonyl (C=O) groups excluding carboxylic acids is 1. The molecule has 0 bridgehead atoms. The maximum absolute atomic E-state index is 12.4. The monoisotopic (exact) mass is 304 g/mol. The van der Waals surface area contributed by atoms with Crippen molar-refractivity contribution >= 4 is 5.91 Å². The van der Waals surface area contributed by atoms with E-state index in [-0.39, 0.29) is 11.9 Å². The molecule has 1 aromatic heterocycles. The summed E-state index contributed by atoms with van der Waals surface area (Å²) >= 11 is 0. The summed E-state index contributed by atoms with van der Waals surface area (Å²) in [5.41, 5.74) is 1.87. The molecule has 1 aromatic carbocycles. The summed E-state index contributed by atoms with van der Waals surface area (Å²) in [6.07, 6.45) is 0. The average Bonchev–Trinajstić information content (AvgIpc) is 2.85. The van der Waals surface area contributed by atoms with Crippen LogP contribution in [0.5, 0.6) is 11.5 Å². The maximum Gasteiger partial charge on any atom is 0.257 e. The number of carbonyl (C=O) groups is 1. The number of hydrogen-bond acceptors (Lipinski definition) is 5. The molecule has 0 aliphatic rings. The fraction of sp³-hybridized carbons (Fsp3) is 0.375. The molecule has 0 fully saturated rings. The van der Waals surface area contributed by atoms with Gasteiger partial charge in [0.25, 0.3) is 5.91 Å². The SMILES string of the molecule is COc1ccc(OC)c([C@H](C)NC(=O)c2c(C)noc2C)c1. The van der Waals surface area contributed by atoms with E-state index >= 15 is 0 Å². The van der Waals surface area contributed by atoms with Crippen molar-refractivity contribution < 1.29 is 18.8 Å². The molecule has 0 aliphatic carbocycles. The Morgan fingerprint density at radius 1 is 1.27 bits per heavy atom. The Hall–Kier alpha value is -2.50. The molecule has 2 rings (SSSR count). The molecule has 6 heteroatoms. The first-order chi connectivity index (χ1) is 10.5. The van der Waals surface area contributed by atoms with Crippen molar-refractivity contribution in [2.75, 3.05) is 14.2 Å². The maximum atomic E-state index is 12.4. The summed E-state index contributed by atoms with van der Waals surface area (Å²) in [6.45, 7) is 5.33. The average molecular weight is 304 g/mol. The van der Waals surface area contributed by atoms with Gasteiger partial charge in [0.1, 0.15) is 22.8 Å². The van der Waals surface area contributed by atoms with Gasteiger partial charge in [-0.15, -0.1) is 0 Å². The Morgan fingerprint density at radius 3 is 2.55 bits per heavy atom. The second-order valence-corrected chi connectivity index (χ2v) is 5.00. The van der Waals surface area contributed by atoms with Gasteiger partial charge in [-0.3, -0.25) is 4.79 Å². The molecular weight excluding hydrogens is 284 g/mol. The lowest BCUT2D eigenvalue weighted by atomic mass is 10.1. The molecule has 0 unspecified atom stereocenters. The molecule has 1 N–H and O–H groups in total. The molecule has 2 aromatic rings. The van der Waals surface area contributed by atoms with Crippen molar-refractivity contribution in [3.63, 3.8) is 0 Å². The van der Waals surface area contributed by atoms with Gasteiger partial charge in [0.2, 0.25) is 0 Å². The summed E-state index contributed by atoms with van der Waals surface area (Å²) in [5, 5.41) is 6.73. The van der Waals surface area contributed by atoms with Crippen LogP contribution >= 0.6 is 0 Å². The van der Waals surface area contributed by atoms with Gasteiger partial charge in [0, 0.05) is 5.56 Å². The molecule has 1 atom stereocenters. The van der Waals surface area contributed by atoms with E-state index < -0.39 is 0 Å². The first kappa shape index (κ1) is 15.9. The molecule has 22 heavy (non-hydrogen) atoms. The van der Waals surface area contributed by atoms with Gasteiger partial charge in [0.05, 0.1) is 26.0 Å². The van der Waals surface area contributed by atoms with Crippen LogP contribution in [0.4, 0.5) is 0 Å². The number of nitrogens with zero attached hydrogens (tertiary/aromatic N) is 1. The largest absolute Gasteiger partial charge is 0.497 e. The summed E-state index contributed by atoms with van der Waals surface area (Å²) in [4.78, 5) is 12.4. The Kier molecular flexibility index (Phi) is 4.70. The Morgan fingerprint density at radius 2 is 2.00 bits per heavy atom. The van der Waals surface area contributed by atoms with Gasteiger partial charge >= 0.3 is 0 Å². The number of rotatable bonds is 5. The van der Waals surface area contributed by atoms with Crippen molar-refractivity contribution in [3.8, 4) is 11.5 Å². The minimum Gasteiger partial charge on any atom is -0.497 e. The lowest BCUT2D eigenvalue weighted by molar-refractivity contribution is 0.0937. The van der Waals surface area contributed by atoms with Gasteiger partial charge in [0.15, 0.2) is 0 Å². The fourth-order valence-electron chi connectivity index (χ4n) is 2.33. The van der Waals surface area contributed by atoms with E-state index in [4.69, 9.17) is 14.0 Å². The molecule has 0 spiro atoms. The van der Waals surface area contributed by atoms with Crippen molar-refractivity contribution in [1.82, 2.24) is 10.5 Å². The van der Waals surface area contributed by atoms with Crippen molar-refractivity contribution in [2.45, 2.75) is 26.8 Å². The van der Waals surface area contributed by atoms with Crippen LogP contribution in [0.2, 0.25) is 0 Å². The van der Waals surface area contributed by atoms with Gasteiger partial charge in [-0.1, -0.05) is 5.16 Å². The van der Waals surface area contributed by atoms with Crippen LogP contribution in [-0.2, 0) is 0 Å². The minimum atomic E-state index is -0.258. The third kappa shape index (κ3) is 3.05. The van der Waals surface area contributed by atoms with E-state index in [9.17, 15) is 4.79 Å². The summed E-state index contributed by atoms with van der Waals surface area (Å²) < 4.78 is 15.6. The topological polar surface area (TPSA) is 73.6 Å². The van der Waals surface area contributed by atoms with Crippen LogP contribution in [0.25, 0.3) is 0 Å². The normalized spacial score (nSPS) is 11.9. The van der Waals surface area contributed by atoms with Crippen LogP contribution in [-0.4, -0.2) is 25.3 Å². The number of hydrogen-bond donors (Lipinski definition) is 1. The first-order valence-electron chi connectivity index (χ1n) is 6.93. The Labute approximate surface area is 129 Å². The third-order valence-electron chi connectivity index (χ3n) is 3.51. The van der Waals surface area contributed by atoms with Gasteiger partial charge in [-0.05, 0) is 39.0 Å². The van der Waals surface area contributed by atoms with E-state index in [0.29, 0.717) is 28.5 Å². The third-order valence-corrected chi connectivity index (χ3v) is 3.51. The van der Waals surface area contributed by atoms with E-state index in [1.807, 2.05) is 25.1 Å². The zero-order valence-electron chi connectivity index (χ0n) is 13.4. The fourth-order valence-corrected chi connectivity index (χ4v) is 2.33. The van der Waals surface area contributed by atoms with Crippen molar-refractivity contribution in [2.24, 2.45) is 0 Å². The minimum absolute atomic E-state index is 0.228. The zero-order valence-corrected chi connectivity index (χ0v) is 13.4. The quantitative estimate of drug-likeness (QED) is 0.919. The Balaban J connectivity index is 2.25. The zero-order chi connectivity index (χ0) is 16.3. The summed E-state index contributed by atoms with van der Waals surface area (Å²) in [7, 11) is 3.19. The van der Waals surface area contributed by atoms with Crippen LogP contribution < -0.4 is 14.8 Å². The highest BCUT2D eigenvalue weighted by Gasteiger charge is 2.21. The molecule has 0 aliphatic heterocycles. The lowest BCUT2D eigenvalue weighted by Crippen LogP contribution is -2.27. The van der Waals surface area contributed by atoms with Crippen LogP contribution in [0, 0.1) is 13.8 Å². The molecular formula is C16H20N2O4. The van der Waals surface area contributed by atoms with Crippen molar-refractivity contribution in [3.05, 3.63) is 40.8 Å². The number of aryl methyl sites for hydroxylation is 2. The predicted octanol–water partition coefficient (Wildman–Crippen LogP) is 2.80. The predicted molar refractivity (Wildman–Crippen MR) is 81.4 cm³/mol. The highest BCUT2D eigenvalue weighted by Crippen LogP contribution is 2.29. The second-order valence-electron chi connectivity index (χ2n) is 5.00. The van der Waals surface area contributed by atoms with Crippen molar-refractivity contribution in [1.29, 1.82) is 0 Å². The molecule has 0 radical (unpaired) electrons. The highest BCUT2D eigenvalue weighted by atomic mass is 16.5. The number of aromatic nitrogens is 1. The summed E-state index contributed by atoms with van der Waals surface area (Å²) in [5.74, 6) is 1.66. The molecule has 0 saturated heterocycles. The van der Waals surface area contributed by atoms with E-state index in [0.717, 1.165) is 5.56 Å². The number of ether oxygens (including phenoxy) is 2.